The predicted molar refractivity (Wildman–Crippen MR) is 167 cm³/mol. The average Bonchev–Trinajstić information content (AvgIpc) is 3.68. The fourth-order valence-corrected chi connectivity index (χ4v) is 6.72. The van der Waals surface area contributed by atoms with Gasteiger partial charge in [0, 0.05) is 49.5 Å². The molecule has 5 aromatic rings. The van der Waals surface area contributed by atoms with Crippen LogP contribution < -0.4 is 9.64 Å². The number of aryl methyl sites for hydroxylation is 1. The molecule has 0 radical (unpaired) electrons. The minimum Gasteiger partial charge on any atom is -0.492 e. The summed E-state index contributed by atoms with van der Waals surface area (Å²) >= 11 is 3.06. The summed E-state index contributed by atoms with van der Waals surface area (Å²) in [5.74, 6) is 2.17. The summed E-state index contributed by atoms with van der Waals surface area (Å²) in [7, 11) is 0. The topological polar surface area (TPSA) is 89.3 Å². The molecule has 1 aliphatic rings. The van der Waals surface area contributed by atoms with E-state index in [9.17, 15) is 4.79 Å². The number of hydrogen-bond donors (Lipinski definition) is 0. The number of anilines is 1. The van der Waals surface area contributed by atoms with Gasteiger partial charge in [-0.2, -0.15) is 0 Å². The molecule has 1 fully saturated rings. The smallest absolute Gasteiger partial charge is 0.273 e. The zero-order chi connectivity index (χ0) is 28.9. The fourth-order valence-electron chi connectivity index (χ4n) is 4.99. The van der Waals surface area contributed by atoms with E-state index in [0.29, 0.717) is 31.1 Å². The normalized spacial score (nSPS) is 13.4. The second kappa shape index (κ2) is 12.7. The molecule has 0 bridgehead atoms. The lowest BCUT2D eigenvalue weighted by Gasteiger charge is -2.36. The molecule has 0 spiro atoms. The van der Waals surface area contributed by atoms with E-state index < -0.39 is 0 Å². The number of carbonyl (C=O) groups is 1. The molecule has 0 saturated carbocycles. The SMILES string of the molecule is CCOc1ccccc1N1CCN(C(=O)c2csc(CSc3nnc(-c4cccnc4)n3-c3ccccc3C)n2)CC1. The summed E-state index contributed by atoms with van der Waals surface area (Å²) in [6, 6.07) is 20.1. The molecule has 1 amide bonds. The van der Waals surface area contributed by atoms with Crippen molar-refractivity contribution in [3.8, 4) is 22.8 Å². The van der Waals surface area contributed by atoms with Crippen molar-refractivity contribution in [1.82, 2.24) is 29.6 Å². The van der Waals surface area contributed by atoms with Gasteiger partial charge in [-0.15, -0.1) is 21.5 Å². The number of rotatable bonds is 9. The summed E-state index contributed by atoms with van der Waals surface area (Å²) in [6.07, 6.45) is 3.54. The van der Waals surface area contributed by atoms with Crippen LogP contribution in [0.15, 0.2) is 83.6 Å². The third kappa shape index (κ3) is 5.88. The molecule has 6 rings (SSSR count). The lowest BCUT2D eigenvalue weighted by molar-refractivity contribution is 0.0741. The Morgan fingerprint density at radius 2 is 1.76 bits per heavy atom. The number of pyridine rings is 1. The van der Waals surface area contributed by atoms with Gasteiger partial charge in [-0.1, -0.05) is 42.1 Å². The van der Waals surface area contributed by atoms with Crippen LogP contribution in [-0.4, -0.2) is 68.3 Å². The van der Waals surface area contributed by atoms with Crippen molar-refractivity contribution >= 4 is 34.7 Å². The second-order valence-electron chi connectivity index (χ2n) is 9.76. The number of thioether (sulfide) groups is 1. The van der Waals surface area contributed by atoms with E-state index in [1.54, 1.807) is 24.2 Å². The van der Waals surface area contributed by atoms with Crippen LogP contribution in [0, 0.1) is 6.92 Å². The summed E-state index contributed by atoms with van der Waals surface area (Å²) in [5, 5.41) is 12.5. The molecule has 3 aromatic heterocycles. The molecule has 42 heavy (non-hydrogen) atoms. The minimum absolute atomic E-state index is 0.0258. The van der Waals surface area contributed by atoms with Crippen molar-refractivity contribution in [3.63, 3.8) is 0 Å². The number of carbonyl (C=O) groups excluding carboxylic acids is 1. The molecule has 0 N–H and O–H groups in total. The first-order chi connectivity index (χ1) is 20.6. The van der Waals surface area contributed by atoms with Crippen molar-refractivity contribution in [2.24, 2.45) is 0 Å². The standard InChI is InChI=1S/C31H31N7O2S2/c1-3-40-27-13-7-6-12-26(27)36-15-17-37(18-16-36)30(39)24-20-41-28(33-24)21-42-31-35-34-29(23-10-8-14-32-19-23)38(31)25-11-5-4-9-22(25)2/h4-14,19-20H,3,15-18,21H2,1-2H3. The van der Waals surface area contributed by atoms with Gasteiger partial charge in [-0.25, -0.2) is 4.98 Å². The molecule has 214 valence electrons. The quantitative estimate of drug-likeness (QED) is 0.199. The van der Waals surface area contributed by atoms with Crippen molar-refractivity contribution in [2.75, 3.05) is 37.7 Å². The number of benzene rings is 2. The van der Waals surface area contributed by atoms with E-state index in [1.807, 2.05) is 59.7 Å². The van der Waals surface area contributed by atoms with Crippen LogP contribution in [0.25, 0.3) is 17.1 Å². The Balaban J connectivity index is 1.13. The fraction of sp³-hybridized carbons (Fsp3) is 0.258. The number of nitrogens with zero attached hydrogens (tertiary/aromatic N) is 7. The Morgan fingerprint density at radius 3 is 2.52 bits per heavy atom. The lowest BCUT2D eigenvalue weighted by Crippen LogP contribution is -2.49. The van der Waals surface area contributed by atoms with Gasteiger partial charge < -0.3 is 14.5 Å². The highest BCUT2D eigenvalue weighted by molar-refractivity contribution is 7.98. The third-order valence-corrected chi connectivity index (χ3v) is 9.05. The maximum absolute atomic E-state index is 13.3. The Bertz CT molecular complexity index is 1660. The van der Waals surface area contributed by atoms with Crippen LogP contribution in [0.4, 0.5) is 5.69 Å². The van der Waals surface area contributed by atoms with Crippen LogP contribution in [0.2, 0.25) is 0 Å². The van der Waals surface area contributed by atoms with E-state index in [0.717, 1.165) is 57.3 Å². The van der Waals surface area contributed by atoms with Gasteiger partial charge in [0.05, 0.1) is 23.7 Å². The maximum Gasteiger partial charge on any atom is 0.273 e. The van der Waals surface area contributed by atoms with E-state index in [4.69, 9.17) is 9.72 Å². The van der Waals surface area contributed by atoms with Crippen LogP contribution >= 0.6 is 23.1 Å². The molecular weight excluding hydrogens is 567 g/mol. The zero-order valence-corrected chi connectivity index (χ0v) is 25.1. The minimum atomic E-state index is -0.0258. The molecule has 0 atom stereocenters. The highest BCUT2D eigenvalue weighted by Gasteiger charge is 2.25. The van der Waals surface area contributed by atoms with Gasteiger partial charge in [0.15, 0.2) is 11.0 Å². The molecule has 1 saturated heterocycles. The van der Waals surface area contributed by atoms with E-state index in [-0.39, 0.29) is 5.91 Å². The molecule has 9 nitrogen and oxygen atoms in total. The van der Waals surface area contributed by atoms with Crippen LogP contribution in [0.3, 0.4) is 0 Å². The molecular formula is C31H31N7O2S2. The number of thiazole rings is 1. The van der Waals surface area contributed by atoms with E-state index in [1.165, 1.54) is 11.3 Å². The van der Waals surface area contributed by atoms with Crippen molar-refractivity contribution < 1.29 is 9.53 Å². The van der Waals surface area contributed by atoms with Gasteiger partial charge in [0.25, 0.3) is 5.91 Å². The molecule has 0 unspecified atom stereocenters. The lowest BCUT2D eigenvalue weighted by atomic mass is 10.2. The van der Waals surface area contributed by atoms with Crippen molar-refractivity contribution in [3.05, 3.63) is 94.7 Å². The first-order valence-electron chi connectivity index (χ1n) is 13.9. The van der Waals surface area contributed by atoms with E-state index >= 15 is 0 Å². The maximum atomic E-state index is 13.3. The Kier molecular flexibility index (Phi) is 8.47. The van der Waals surface area contributed by atoms with Gasteiger partial charge in [-0.05, 0) is 49.7 Å². The Morgan fingerprint density at radius 1 is 0.976 bits per heavy atom. The van der Waals surface area contributed by atoms with Crippen LogP contribution in [0.1, 0.15) is 28.0 Å². The van der Waals surface area contributed by atoms with Gasteiger partial charge in [0.1, 0.15) is 16.5 Å². The summed E-state index contributed by atoms with van der Waals surface area (Å²) in [4.78, 5) is 26.5. The monoisotopic (exact) mass is 597 g/mol. The van der Waals surface area contributed by atoms with Crippen molar-refractivity contribution in [2.45, 2.75) is 24.8 Å². The van der Waals surface area contributed by atoms with Crippen LogP contribution in [0.5, 0.6) is 5.75 Å². The largest absolute Gasteiger partial charge is 0.492 e. The molecule has 11 heteroatoms. The Labute approximate surface area is 253 Å². The van der Waals surface area contributed by atoms with Gasteiger partial charge in [-0.3, -0.25) is 14.3 Å². The summed E-state index contributed by atoms with van der Waals surface area (Å²) in [6.45, 7) is 7.45. The summed E-state index contributed by atoms with van der Waals surface area (Å²) in [5.41, 5.74) is 4.60. The highest BCUT2D eigenvalue weighted by Crippen LogP contribution is 2.32. The second-order valence-corrected chi connectivity index (χ2v) is 11.7. The number of amides is 1. The average molecular weight is 598 g/mol. The Hall–Kier alpha value is -4.22. The van der Waals surface area contributed by atoms with E-state index in [2.05, 4.69) is 49.8 Å². The van der Waals surface area contributed by atoms with Gasteiger partial charge >= 0.3 is 0 Å². The van der Waals surface area contributed by atoms with Crippen molar-refractivity contribution in [1.29, 1.82) is 0 Å². The zero-order valence-electron chi connectivity index (χ0n) is 23.5. The highest BCUT2D eigenvalue weighted by atomic mass is 32.2. The molecule has 0 aliphatic carbocycles. The van der Waals surface area contributed by atoms with Crippen LogP contribution in [-0.2, 0) is 5.75 Å². The van der Waals surface area contributed by atoms with Gasteiger partial charge in [0.2, 0.25) is 0 Å². The molecule has 1 aliphatic heterocycles. The number of ether oxygens (including phenoxy) is 1. The summed E-state index contributed by atoms with van der Waals surface area (Å²) < 4.78 is 7.88. The number of para-hydroxylation sites is 3. The number of aromatic nitrogens is 5. The molecule has 4 heterocycles. The predicted octanol–water partition coefficient (Wildman–Crippen LogP) is 5.75. The molecule has 2 aromatic carbocycles. The first kappa shape index (κ1) is 27.9. The third-order valence-electron chi connectivity index (χ3n) is 7.08. The number of hydrogen-bond acceptors (Lipinski definition) is 9. The number of piperazine rings is 1. The first-order valence-corrected chi connectivity index (χ1v) is 15.7.